The number of ether oxygens (including phenoxy) is 1. The fourth-order valence-corrected chi connectivity index (χ4v) is 2.91. The van der Waals surface area contributed by atoms with E-state index in [1.54, 1.807) is 18.2 Å². The molecule has 1 aromatic rings. The molecule has 1 aliphatic rings. The van der Waals surface area contributed by atoms with E-state index >= 15 is 0 Å². The summed E-state index contributed by atoms with van der Waals surface area (Å²) in [7, 11) is 0. The first-order chi connectivity index (χ1) is 9.65. The minimum absolute atomic E-state index is 0.248. The molecule has 1 unspecified atom stereocenters. The van der Waals surface area contributed by atoms with Gasteiger partial charge in [-0.25, -0.2) is 0 Å². The molecular weight excluding hydrogens is 297 g/mol. The molecule has 1 atom stereocenters. The van der Waals surface area contributed by atoms with Crippen LogP contribution < -0.4 is 4.74 Å². The zero-order valence-electron chi connectivity index (χ0n) is 11.5. The van der Waals surface area contributed by atoms with E-state index in [9.17, 15) is 5.11 Å². The van der Waals surface area contributed by atoms with Crippen LogP contribution in [0.1, 0.15) is 25.7 Å². The van der Waals surface area contributed by atoms with Gasteiger partial charge in [0, 0.05) is 11.6 Å². The van der Waals surface area contributed by atoms with Crippen molar-refractivity contribution >= 4 is 23.2 Å². The highest BCUT2D eigenvalue weighted by atomic mass is 35.5. The van der Waals surface area contributed by atoms with Gasteiger partial charge in [-0.3, -0.25) is 0 Å². The molecule has 0 bridgehead atoms. The van der Waals surface area contributed by atoms with Gasteiger partial charge in [-0.15, -0.1) is 0 Å². The van der Waals surface area contributed by atoms with Crippen LogP contribution in [-0.2, 0) is 0 Å². The molecule has 0 amide bonds. The highest BCUT2D eigenvalue weighted by molar-refractivity contribution is 6.35. The number of hydrogen-bond acceptors (Lipinski definition) is 3. The molecule has 1 heterocycles. The van der Waals surface area contributed by atoms with Crippen molar-refractivity contribution in [3.05, 3.63) is 28.2 Å². The SMILES string of the molecule is OC(COc1ccc(Cl)cc1Cl)CN1CCCCCC1. The van der Waals surface area contributed by atoms with Crippen molar-refractivity contribution in [2.45, 2.75) is 31.8 Å². The Morgan fingerprint density at radius 3 is 2.50 bits per heavy atom. The number of nitrogens with zero attached hydrogens (tertiary/aromatic N) is 1. The molecule has 1 N–H and O–H groups in total. The van der Waals surface area contributed by atoms with Crippen molar-refractivity contribution < 1.29 is 9.84 Å². The zero-order chi connectivity index (χ0) is 14.4. The molecule has 1 aliphatic heterocycles. The standard InChI is InChI=1S/C15H21Cl2NO2/c16-12-5-6-15(14(17)9-12)20-11-13(19)10-18-7-3-1-2-4-8-18/h5-6,9,13,19H,1-4,7-8,10-11H2. The van der Waals surface area contributed by atoms with Gasteiger partial charge in [-0.2, -0.15) is 0 Å². The molecule has 0 saturated carbocycles. The molecule has 1 fully saturated rings. The fraction of sp³-hybridized carbons (Fsp3) is 0.600. The quantitative estimate of drug-likeness (QED) is 0.900. The van der Waals surface area contributed by atoms with E-state index in [-0.39, 0.29) is 6.61 Å². The highest BCUT2D eigenvalue weighted by Gasteiger charge is 2.14. The van der Waals surface area contributed by atoms with Crippen molar-refractivity contribution in [3.8, 4) is 5.75 Å². The van der Waals surface area contributed by atoms with Gasteiger partial charge in [0.2, 0.25) is 0 Å². The maximum atomic E-state index is 10.1. The maximum Gasteiger partial charge on any atom is 0.138 e. The van der Waals surface area contributed by atoms with E-state index < -0.39 is 6.10 Å². The number of aliphatic hydroxyl groups is 1. The first-order valence-corrected chi connectivity index (χ1v) is 7.89. The molecule has 1 aromatic carbocycles. The number of rotatable bonds is 5. The minimum atomic E-state index is -0.500. The number of aliphatic hydroxyl groups excluding tert-OH is 1. The summed E-state index contributed by atoms with van der Waals surface area (Å²) < 4.78 is 5.56. The normalized spacial score (nSPS) is 18.6. The second-order valence-corrected chi connectivity index (χ2v) is 6.10. The van der Waals surface area contributed by atoms with Crippen LogP contribution in [0.2, 0.25) is 10.0 Å². The number of halogens is 2. The van der Waals surface area contributed by atoms with Gasteiger partial charge in [0.05, 0.1) is 5.02 Å². The molecule has 0 radical (unpaired) electrons. The predicted molar refractivity (Wildman–Crippen MR) is 82.9 cm³/mol. The van der Waals surface area contributed by atoms with Crippen molar-refractivity contribution in [2.75, 3.05) is 26.2 Å². The number of β-amino-alcohol motifs (C(OH)–C–C–N with tert-alkyl or cyclic N) is 1. The molecule has 112 valence electrons. The molecule has 20 heavy (non-hydrogen) atoms. The highest BCUT2D eigenvalue weighted by Crippen LogP contribution is 2.27. The number of benzene rings is 1. The summed E-state index contributed by atoms with van der Waals surface area (Å²) in [5.41, 5.74) is 0. The molecule has 0 spiro atoms. The lowest BCUT2D eigenvalue weighted by atomic mass is 10.2. The summed E-state index contributed by atoms with van der Waals surface area (Å²) in [6, 6.07) is 5.09. The smallest absolute Gasteiger partial charge is 0.138 e. The Kier molecular flexibility index (Phi) is 6.43. The van der Waals surface area contributed by atoms with Gasteiger partial charge in [0.15, 0.2) is 0 Å². The van der Waals surface area contributed by atoms with E-state index in [0.717, 1.165) is 13.1 Å². The molecular formula is C15H21Cl2NO2. The molecule has 0 aliphatic carbocycles. The minimum Gasteiger partial charge on any atom is -0.489 e. The van der Waals surface area contributed by atoms with E-state index in [4.69, 9.17) is 27.9 Å². The molecule has 0 aromatic heterocycles. The van der Waals surface area contributed by atoms with Gasteiger partial charge >= 0.3 is 0 Å². The third-order valence-corrected chi connectivity index (χ3v) is 4.02. The first-order valence-electron chi connectivity index (χ1n) is 7.13. The Balaban J connectivity index is 1.77. The molecule has 3 nitrogen and oxygen atoms in total. The van der Waals surface area contributed by atoms with Gasteiger partial charge in [0.1, 0.15) is 18.5 Å². The third kappa shape index (κ3) is 5.13. The molecule has 2 rings (SSSR count). The Bertz CT molecular complexity index is 420. The Hall–Kier alpha value is -0.480. The van der Waals surface area contributed by atoms with Crippen LogP contribution in [0.3, 0.4) is 0 Å². The second-order valence-electron chi connectivity index (χ2n) is 5.25. The van der Waals surface area contributed by atoms with Crippen molar-refractivity contribution in [2.24, 2.45) is 0 Å². The van der Waals surface area contributed by atoms with Crippen molar-refractivity contribution in [1.82, 2.24) is 4.90 Å². The Morgan fingerprint density at radius 2 is 1.85 bits per heavy atom. The summed E-state index contributed by atoms with van der Waals surface area (Å²) >= 11 is 11.9. The van der Waals surface area contributed by atoms with Crippen molar-refractivity contribution in [1.29, 1.82) is 0 Å². The van der Waals surface area contributed by atoms with Crippen LogP contribution in [0.4, 0.5) is 0 Å². The lowest BCUT2D eigenvalue weighted by Crippen LogP contribution is -2.36. The second kappa shape index (κ2) is 8.08. The Labute approximate surface area is 130 Å². The van der Waals surface area contributed by atoms with Crippen LogP contribution in [0.5, 0.6) is 5.75 Å². The summed E-state index contributed by atoms with van der Waals surface area (Å²) in [6.45, 7) is 3.04. The van der Waals surface area contributed by atoms with Crippen LogP contribution >= 0.6 is 23.2 Å². The summed E-state index contributed by atoms with van der Waals surface area (Å²) in [6.07, 6.45) is 4.53. The number of hydrogen-bond donors (Lipinski definition) is 1. The topological polar surface area (TPSA) is 32.7 Å². The predicted octanol–water partition coefficient (Wildman–Crippen LogP) is 3.61. The van der Waals surface area contributed by atoms with Crippen LogP contribution in [0, 0.1) is 0 Å². The van der Waals surface area contributed by atoms with Crippen molar-refractivity contribution in [3.63, 3.8) is 0 Å². The fourth-order valence-electron chi connectivity index (χ4n) is 2.45. The summed E-state index contributed by atoms with van der Waals surface area (Å²) in [5.74, 6) is 0.561. The first kappa shape index (κ1) is 15.9. The van der Waals surface area contributed by atoms with E-state index in [2.05, 4.69) is 4.90 Å². The van der Waals surface area contributed by atoms with Gasteiger partial charge < -0.3 is 14.7 Å². The molecule has 5 heteroatoms. The average molecular weight is 318 g/mol. The average Bonchev–Trinajstić information content (AvgIpc) is 2.66. The summed E-state index contributed by atoms with van der Waals surface area (Å²) in [4.78, 5) is 2.31. The van der Waals surface area contributed by atoms with Gasteiger partial charge in [0.25, 0.3) is 0 Å². The van der Waals surface area contributed by atoms with Gasteiger partial charge in [-0.05, 0) is 44.1 Å². The van der Waals surface area contributed by atoms with Crippen LogP contribution in [0.25, 0.3) is 0 Å². The van der Waals surface area contributed by atoms with Crippen LogP contribution in [-0.4, -0.2) is 42.4 Å². The zero-order valence-corrected chi connectivity index (χ0v) is 13.0. The molecule has 1 saturated heterocycles. The van der Waals surface area contributed by atoms with Gasteiger partial charge in [-0.1, -0.05) is 36.0 Å². The largest absolute Gasteiger partial charge is 0.489 e. The number of likely N-dealkylation sites (tertiary alicyclic amines) is 1. The Morgan fingerprint density at radius 1 is 1.15 bits per heavy atom. The lowest BCUT2D eigenvalue weighted by Gasteiger charge is -2.23. The monoisotopic (exact) mass is 317 g/mol. The van der Waals surface area contributed by atoms with Crippen LogP contribution in [0.15, 0.2) is 18.2 Å². The van der Waals surface area contributed by atoms with E-state index in [1.165, 1.54) is 25.7 Å². The van der Waals surface area contributed by atoms with E-state index in [1.807, 2.05) is 0 Å². The third-order valence-electron chi connectivity index (χ3n) is 3.49. The lowest BCUT2D eigenvalue weighted by molar-refractivity contribution is 0.0694. The summed E-state index contributed by atoms with van der Waals surface area (Å²) in [5, 5.41) is 11.1. The van der Waals surface area contributed by atoms with E-state index in [0.29, 0.717) is 22.3 Å². The maximum absolute atomic E-state index is 10.1.